The van der Waals surface area contributed by atoms with Crippen LogP contribution in [0.3, 0.4) is 0 Å². The smallest absolute Gasteiger partial charge is 0.296 e. The number of hydrogen-bond donors (Lipinski definition) is 4. The predicted octanol–water partition coefficient (Wildman–Crippen LogP) is 1.54. The van der Waals surface area contributed by atoms with Crippen molar-refractivity contribution in [3.63, 3.8) is 0 Å². The van der Waals surface area contributed by atoms with Crippen LogP contribution in [0.15, 0.2) is 52.6 Å². The lowest BCUT2D eigenvalue weighted by Gasteiger charge is -2.09. The zero-order chi connectivity index (χ0) is 16.2. The van der Waals surface area contributed by atoms with Crippen molar-refractivity contribution < 1.29 is 21.8 Å². The first-order valence-corrected chi connectivity index (χ1v) is 6.73. The molecule has 1 aromatic rings. The fourth-order valence-electron chi connectivity index (χ4n) is 1.37. The van der Waals surface area contributed by atoms with Crippen LogP contribution < -0.4 is 16.8 Å². The van der Waals surface area contributed by atoms with Crippen molar-refractivity contribution >= 4 is 27.3 Å². The highest BCUT2D eigenvalue weighted by atomic mass is 32.2. The number of amidine groups is 1. The van der Waals surface area contributed by atoms with E-state index < -0.39 is 26.9 Å². The summed E-state index contributed by atoms with van der Waals surface area (Å²) in [6.45, 7) is 2.88. The summed E-state index contributed by atoms with van der Waals surface area (Å²) in [7, 11) is -4.47. The summed E-state index contributed by atoms with van der Waals surface area (Å²) in [5, 5.41) is 2.46. The van der Waals surface area contributed by atoms with Gasteiger partial charge >= 0.3 is 0 Å². The number of anilines is 2. The van der Waals surface area contributed by atoms with Crippen LogP contribution in [0.5, 0.6) is 0 Å². The molecule has 10 heteroatoms. The highest BCUT2D eigenvalue weighted by molar-refractivity contribution is 7.86. The molecule has 0 aliphatic heterocycles. The van der Waals surface area contributed by atoms with Crippen LogP contribution in [0, 0.1) is 0 Å². The normalized spacial score (nSPS) is 13.1. The first-order valence-electron chi connectivity index (χ1n) is 5.29. The molecule has 0 heterocycles. The van der Waals surface area contributed by atoms with Gasteiger partial charge in [0.25, 0.3) is 10.1 Å². The first-order chi connectivity index (χ1) is 9.59. The van der Waals surface area contributed by atoms with Crippen molar-refractivity contribution in [3.8, 4) is 0 Å². The second-order valence-corrected chi connectivity index (χ2v) is 5.15. The molecule has 0 fully saturated rings. The summed E-state index contributed by atoms with van der Waals surface area (Å²) in [6, 6.07) is 3.34. The lowest BCUT2D eigenvalue weighted by molar-refractivity contribution is 0.483. The number of nitrogens with zero attached hydrogens (tertiary/aromatic N) is 1. The third-order valence-corrected chi connectivity index (χ3v) is 3.00. The summed E-state index contributed by atoms with van der Waals surface area (Å²) in [5.41, 5.74) is 10.2. The topological polar surface area (TPSA) is 131 Å². The van der Waals surface area contributed by atoms with E-state index in [1.807, 2.05) is 0 Å². The van der Waals surface area contributed by atoms with E-state index in [1.165, 1.54) is 6.07 Å². The summed E-state index contributed by atoms with van der Waals surface area (Å²) in [5.74, 6) is -2.55. The minimum absolute atomic E-state index is 0.164. The Morgan fingerprint density at radius 2 is 2.05 bits per heavy atom. The van der Waals surface area contributed by atoms with Gasteiger partial charge in [-0.2, -0.15) is 17.2 Å². The average Bonchev–Trinajstić information content (AvgIpc) is 2.24. The Morgan fingerprint density at radius 1 is 1.43 bits per heavy atom. The molecule has 0 unspecified atom stereocenters. The van der Waals surface area contributed by atoms with Gasteiger partial charge in [0, 0.05) is 11.8 Å². The summed E-state index contributed by atoms with van der Waals surface area (Å²) in [6.07, 6.45) is 0.692. The van der Waals surface area contributed by atoms with Crippen LogP contribution in [0.25, 0.3) is 0 Å². The van der Waals surface area contributed by atoms with E-state index >= 15 is 0 Å². The number of rotatable bonds is 4. The Bertz CT molecular complexity index is 725. The maximum absolute atomic E-state index is 12.7. The van der Waals surface area contributed by atoms with Crippen molar-refractivity contribution in [2.75, 3.05) is 11.1 Å². The molecular weight excluding hydrogens is 306 g/mol. The Labute approximate surface area is 119 Å². The summed E-state index contributed by atoms with van der Waals surface area (Å²) < 4.78 is 56.1. The molecule has 1 rings (SSSR count). The van der Waals surface area contributed by atoms with Crippen molar-refractivity contribution in [2.45, 2.75) is 4.90 Å². The van der Waals surface area contributed by atoms with Crippen molar-refractivity contribution in [1.29, 1.82) is 0 Å². The summed E-state index contributed by atoms with van der Waals surface area (Å²) >= 11 is 0. The molecule has 0 saturated carbocycles. The Kier molecular flexibility index (Phi) is 5.00. The quantitative estimate of drug-likeness (QED) is 0.219. The largest absolute Gasteiger partial charge is 0.398 e. The van der Waals surface area contributed by atoms with Crippen LogP contribution in [0.2, 0.25) is 0 Å². The number of benzene rings is 1. The molecule has 114 valence electrons. The van der Waals surface area contributed by atoms with E-state index in [4.69, 9.17) is 16.0 Å². The van der Waals surface area contributed by atoms with Gasteiger partial charge in [0.2, 0.25) is 5.95 Å². The minimum atomic E-state index is -4.47. The van der Waals surface area contributed by atoms with E-state index in [2.05, 4.69) is 16.9 Å². The van der Waals surface area contributed by atoms with Crippen molar-refractivity contribution in [3.05, 3.63) is 42.8 Å². The third kappa shape index (κ3) is 5.20. The molecule has 0 amide bonds. The van der Waals surface area contributed by atoms with Gasteiger partial charge in [-0.05, 0) is 24.8 Å². The molecular formula is C11H12F2N4O3S. The highest BCUT2D eigenvalue weighted by Crippen LogP contribution is 2.22. The highest BCUT2D eigenvalue weighted by Gasteiger charge is 2.14. The predicted molar refractivity (Wildman–Crippen MR) is 75.4 cm³/mol. The monoisotopic (exact) mass is 318 g/mol. The van der Waals surface area contributed by atoms with Gasteiger partial charge in [-0.1, -0.05) is 0 Å². The first kappa shape index (κ1) is 16.6. The van der Waals surface area contributed by atoms with Crippen LogP contribution in [0.1, 0.15) is 0 Å². The van der Waals surface area contributed by atoms with Crippen molar-refractivity contribution in [2.24, 2.45) is 10.7 Å². The van der Waals surface area contributed by atoms with Crippen LogP contribution >= 0.6 is 0 Å². The van der Waals surface area contributed by atoms with Gasteiger partial charge in [0.05, 0.1) is 5.69 Å². The summed E-state index contributed by atoms with van der Waals surface area (Å²) in [4.78, 5) is 2.75. The fraction of sp³-hybridized carbons (Fsp3) is 0. The van der Waals surface area contributed by atoms with E-state index in [0.29, 0.717) is 6.08 Å². The second-order valence-electron chi connectivity index (χ2n) is 3.76. The molecule has 0 radical (unpaired) electrons. The van der Waals surface area contributed by atoms with Gasteiger partial charge < -0.3 is 16.8 Å². The molecule has 0 bridgehead atoms. The molecule has 0 saturated heterocycles. The van der Waals surface area contributed by atoms with E-state index in [-0.39, 0.29) is 17.2 Å². The van der Waals surface area contributed by atoms with Crippen LogP contribution in [-0.4, -0.2) is 18.8 Å². The number of nitrogen functional groups attached to an aromatic ring is 1. The lowest BCUT2D eigenvalue weighted by Crippen LogP contribution is -2.12. The number of nitrogens with two attached hydrogens (primary N) is 2. The molecule has 7 nitrogen and oxygen atoms in total. The number of aliphatic imine (C=N–C) groups is 1. The Hall–Kier alpha value is -2.46. The van der Waals surface area contributed by atoms with Gasteiger partial charge in [-0.15, -0.1) is 0 Å². The standard InChI is InChI=1S/C11H12F2N4O3S/c1-6(12)16-11(5-10(13)15)17-7-2-3-9(8(14)4-7)21(18,19)20/h2-5H,1,14-15H2,(H,16,17)(H,18,19,20)/b10-5-. The van der Waals surface area contributed by atoms with Gasteiger partial charge in [0.1, 0.15) is 10.7 Å². The molecule has 0 aromatic heterocycles. The van der Waals surface area contributed by atoms with Gasteiger partial charge in [-0.25, -0.2) is 4.99 Å². The minimum Gasteiger partial charge on any atom is -0.398 e. The van der Waals surface area contributed by atoms with E-state index in [9.17, 15) is 17.2 Å². The maximum Gasteiger partial charge on any atom is 0.296 e. The van der Waals surface area contributed by atoms with E-state index in [0.717, 1.165) is 12.1 Å². The SMILES string of the molecule is C=C(F)/N=C(\C=C(/N)F)Nc1ccc(S(=O)(=O)O)c(N)c1. The Morgan fingerprint density at radius 3 is 2.48 bits per heavy atom. The van der Waals surface area contributed by atoms with Gasteiger partial charge in [-0.3, -0.25) is 4.55 Å². The van der Waals surface area contributed by atoms with E-state index in [1.54, 1.807) is 0 Å². The number of nitrogens with one attached hydrogen (secondary N) is 1. The van der Waals surface area contributed by atoms with Gasteiger partial charge in [0.15, 0.2) is 5.95 Å². The average molecular weight is 318 g/mol. The second kappa shape index (κ2) is 6.33. The Balaban J connectivity index is 3.15. The lowest BCUT2D eigenvalue weighted by atomic mass is 10.3. The number of halogens is 2. The maximum atomic E-state index is 12.7. The molecule has 6 N–H and O–H groups in total. The third-order valence-electron chi connectivity index (χ3n) is 2.08. The molecule has 0 spiro atoms. The molecule has 21 heavy (non-hydrogen) atoms. The molecule has 0 aliphatic rings. The number of hydrogen-bond acceptors (Lipinski definition) is 5. The molecule has 0 atom stereocenters. The molecule has 0 aliphatic carbocycles. The van der Waals surface area contributed by atoms with Crippen LogP contribution in [0.4, 0.5) is 20.2 Å². The van der Waals surface area contributed by atoms with Crippen molar-refractivity contribution in [1.82, 2.24) is 0 Å². The fourth-order valence-corrected chi connectivity index (χ4v) is 1.96. The zero-order valence-corrected chi connectivity index (χ0v) is 11.4. The zero-order valence-electron chi connectivity index (χ0n) is 10.5. The molecule has 1 aromatic carbocycles. The van der Waals surface area contributed by atoms with Crippen LogP contribution in [-0.2, 0) is 10.1 Å².